The highest BCUT2D eigenvalue weighted by Crippen LogP contribution is 2.46. The van der Waals surface area contributed by atoms with Crippen LogP contribution in [0.15, 0.2) is 48.8 Å². The molecule has 2 aromatic rings. The van der Waals surface area contributed by atoms with E-state index in [9.17, 15) is 4.79 Å². The zero-order valence-electron chi connectivity index (χ0n) is 15.0. The number of para-hydroxylation sites is 1. The molecule has 2 saturated heterocycles. The first-order chi connectivity index (χ1) is 13.2. The molecule has 6 heteroatoms. The van der Waals surface area contributed by atoms with Crippen molar-refractivity contribution in [2.75, 3.05) is 18.8 Å². The number of ether oxygens (including phenoxy) is 2. The number of likely N-dealkylation sites (tertiary alicyclic amines) is 1. The van der Waals surface area contributed by atoms with Crippen molar-refractivity contribution in [2.24, 2.45) is 0 Å². The summed E-state index contributed by atoms with van der Waals surface area (Å²) in [6.45, 7) is 2.24. The molecule has 0 saturated carbocycles. The molecule has 140 valence electrons. The molecule has 3 aliphatic heterocycles. The van der Waals surface area contributed by atoms with Crippen LogP contribution in [0.1, 0.15) is 17.5 Å². The zero-order chi connectivity index (χ0) is 18.3. The number of nitrogens with zero attached hydrogens (tertiary/aromatic N) is 2. The number of carbonyl (C=O) groups excluding carboxylic acids is 1. The number of pyridine rings is 1. The summed E-state index contributed by atoms with van der Waals surface area (Å²) in [6, 6.07) is 11.9. The maximum absolute atomic E-state index is 12.8. The van der Waals surface area contributed by atoms with Crippen LogP contribution in [0.2, 0.25) is 0 Å². The third-order valence-corrected chi connectivity index (χ3v) is 7.18. The van der Waals surface area contributed by atoms with Crippen LogP contribution < -0.4 is 4.74 Å². The Labute approximate surface area is 163 Å². The Bertz CT molecular complexity index is 813. The van der Waals surface area contributed by atoms with Gasteiger partial charge in [-0.25, -0.2) is 0 Å². The predicted molar refractivity (Wildman–Crippen MR) is 104 cm³/mol. The molecule has 1 aromatic heterocycles. The Morgan fingerprint density at radius 2 is 2.07 bits per heavy atom. The average Bonchev–Trinajstić information content (AvgIpc) is 3.30. The van der Waals surface area contributed by atoms with Crippen molar-refractivity contribution in [3.8, 4) is 5.75 Å². The zero-order valence-corrected chi connectivity index (χ0v) is 15.9. The lowest BCUT2D eigenvalue weighted by atomic mass is 9.92. The van der Waals surface area contributed by atoms with E-state index in [2.05, 4.69) is 4.98 Å². The van der Waals surface area contributed by atoms with Gasteiger partial charge in [-0.05, 0) is 35.7 Å². The second-order valence-corrected chi connectivity index (χ2v) is 9.09. The van der Waals surface area contributed by atoms with Crippen LogP contribution in [-0.2, 0) is 22.6 Å². The number of hydrogen-bond acceptors (Lipinski definition) is 5. The third kappa shape index (κ3) is 3.32. The Morgan fingerprint density at radius 3 is 2.89 bits per heavy atom. The molecule has 0 unspecified atom stereocenters. The number of amides is 1. The normalized spacial score (nSPS) is 25.1. The fourth-order valence-electron chi connectivity index (χ4n) is 4.15. The molecule has 2 atom stereocenters. The number of fused-ring (bicyclic) bond motifs is 1. The number of thioether (sulfide) groups is 1. The van der Waals surface area contributed by atoms with Gasteiger partial charge in [0.2, 0.25) is 0 Å². The van der Waals surface area contributed by atoms with Crippen molar-refractivity contribution in [3.05, 3.63) is 59.9 Å². The highest BCUT2D eigenvalue weighted by molar-refractivity contribution is 8.01. The molecule has 2 fully saturated rings. The van der Waals surface area contributed by atoms with Gasteiger partial charge in [-0.1, -0.05) is 18.2 Å². The van der Waals surface area contributed by atoms with Gasteiger partial charge in [0.15, 0.2) is 6.10 Å². The molecule has 5 rings (SSSR count). The maximum atomic E-state index is 12.8. The van der Waals surface area contributed by atoms with Crippen molar-refractivity contribution in [3.63, 3.8) is 0 Å². The lowest BCUT2D eigenvalue weighted by molar-refractivity contribution is -0.143. The van der Waals surface area contributed by atoms with E-state index in [1.54, 1.807) is 12.4 Å². The molecule has 0 N–H and O–H groups in total. The van der Waals surface area contributed by atoms with Crippen molar-refractivity contribution in [1.82, 2.24) is 9.88 Å². The number of hydrogen-bond donors (Lipinski definition) is 0. The van der Waals surface area contributed by atoms with Gasteiger partial charge < -0.3 is 14.4 Å². The molecule has 0 radical (unpaired) electrons. The molecule has 4 heterocycles. The smallest absolute Gasteiger partial charge is 0.264 e. The largest absolute Gasteiger partial charge is 0.480 e. The van der Waals surface area contributed by atoms with Crippen LogP contribution in [0.5, 0.6) is 5.75 Å². The number of benzene rings is 1. The number of carbonyl (C=O) groups is 1. The molecular formula is C21H22N2O3S. The van der Waals surface area contributed by atoms with Crippen LogP contribution >= 0.6 is 11.8 Å². The van der Waals surface area contributed by atoms with Crippen LogP contribution in [0, 0.1) is 0 Å². The molecule has 0 bridgehead atoms. The predicted octanol–water partition coefficient (Wildman–Crippen LogP) is 2.69. The van der Waals surface area contributed by atoms with Gasteiger partial charge in [0.25, 0.3) is 5.91 Å². The minimum atomic E-state index is -0.357. The van der Waals surface area contributed by atoms with E-state index in [4.69, 9.17) is 9.47 Å². The van der Waals surface area contributed by atoms with Crippen molar-refractivity contribution < 1.29 is 14.3 Å². The Balaban J connectivity index is 1.12. The summed E-state index contributed by atoms with van der Waals surface area (Å²) in [5.74, 6) is 1.97. The third-order valence-electron chi connectivity index (χ3n) is 5.60. The van der Waals surface area contributed by atoms with Crippen LogP contribution in [0.3, 0.4) is 0 Å². The van der Waals surface area contributed by atoms with E-state index in [0.29, 0.717) is 13.0 Å². The van der Waals surface area contributed by atoms with Gasteiger partial charge in [-0.3, -0.25) is 9.78 Å². The fraction of sp³-hybridized carbons (Fsp3) is 0.429. The molecule has 27 heavy (non-hydrogen) atoms. The van der Waals surface area contributed by atoms with Crippen molar-refractivity contribution >= 4 is 17.7 Å². The first-order valence-corrected chi connectivity index (χ1v) is 10.4. The number of rotatable bonds is 4. The standard InChI is InChI=1S/C21H22N2O3S/c24-20(19-9-16-3-1-2-4-18(16)26-19)23-13-21(14-23)10-17(12-27-21)25-11-15-5-7-22-8-6-15/h1-8,17,19H,9-14H2/t17-,19-/m0/s1. The summed E-state index contributed by atoms with van der Waals surface area (Å²) in [5.41, 5.74) is 2.28. The Morgan fingerprint density at radius 1 is 1.26 bits per heavy atom. The highest BCUT2D eigenvalue weighted by Gasteiger charge is 2.52. The Hall–Kier alpha value is -2.05. The van der Waals surface area contributed by atoms with Gasteiger partial charge in [0.05, 0.1) is 17.5 Å². The van der Waals surface area contributed by atoms with Gasteiger partial charge in [-0.15, -0.1) is 11.8 Å². The molecule has 1 aromatic carbocycles. The van der Waals surface area contributed by atoms with Crippen molar-refractivity contribution in [2.45, 2.75) is 36.4 Å². The minimum absolute atomic E-state index is 0.124. The molecule has 1 amide bonds. The van der Waals surface area contributed by atoms with E-state index in [1.807, 2.05) is 53.1 Å². The lowest BCUT2D eigenvalue weighted by Gasteiger charge is -2.48. The average molecular weight is 382 g/mol. The lowest BCUT2D eigenvalue weighted by Crippen LogP contribution is -2.63. The first-order valence-electron chi connectivity index (χ1n) is 9.39. The SMILES string of the molecule is O=C([C@@H]1Cc2ccccc2O1)N1CC2(C[C@H](OCc3ccncc3)CS2)C1. The topological polar surface area (TPSA) is 51.7 Å². The van der Waals surface area contributed by atoms with Crippen LogP contribution in [-0.4, -0.2) is 51.6 Å². The summed E-state index contributed by atoms with van der Waals surface area (Å²) in [4.78, 5) is 18.8. The highest BCUT2D eigenvalue weighted by atomic mass is 32.2. The molecule has 0 aliphatic carbocycles. The van der Waals surface area contributed by atoms with E-state index in [1.165, 1.54) is 0 Å². The molecular weight excluding hydrogens is 360 g/mol. The summed E-state index contributed by atoms with van der Waals surface area (Å²) in [5, 5.41) is 0. The van der Waals surface area contributed by atoms with Gasteiger partial charge in [0.1, 0.15) is 5.75 Å². The van der Waals surface area contributed by atoms with Gasteiger partial charge >= 0.3 is 0 Å². The summed E-state index contributed by atoms with van der Waals surface area (Å²) in [6.07, 6.45) is 5.18. The van der Waals surface area contributed by atoms with Crippen LogP contribution in [0.25, 0.3) is 0 Å². The van der Waals surface area contributed by atoms with E-state index >= 15 is 0 Å². The maximum Gasteiger partial charge on any atom is 0.264 e. The van der Waals surface area contributed by atoms with E-state index in [-0.39, 0.29) is 22.9 Å². The van der Waals surface area contributed by atoms with Crippen LogP contribution in [0.4, 0.5) is 0 Å². The first kappa shape index (κ1) is 17.1. The second kappa shape index (κ2) is 6.84. The Kier molecular flexibility index (Phi) is 4.32. The fourth-order valence-corrected chi connectivity index (χ4v) is 5.70. The van der Waals surface area contributed by atoms with Gasteiger partial charge in [0, 0.05) is 37.7 Å². The van der Waals surface area contributed by atoms with Crippen molar-refractivity contribution in [1.29, 1.82) is 0 Å². The second-order valence-electron chi connectivity index (χ2n) is 7.60. The summed E-state index contributed by atoms with van der Waals surface area (Å²) >= 11 is 1.95. The molecule has 5 nitrogen and oxygen atoms in total. The van der Waals surface area contributed by atoms with E-state index in [0.717, 1.165) is 42.1 Å². The van der Waals surface area contributed by atoms with E-state index < -0.39 is 0 Å². The number of aromatic nitrogens is 1. The van der Waals surface area contributed by atoms with Gasteiger partial charge in [-0.2, -0.15) is 0 Å². The quantitative estimate of drug-likeness (QED) is 0.814. The molecule has 1 spiro atoms. The summed E-state index contributed by atoms with van der Waals surface area (Å²) in [7, 11) is 0. The summed E-state index contributed by atoms with van der Waals surface area (Å²) < 4.78 is 12.1. The monoisotopic (exact) mass is 382 g/mol. The molecule has 3 aliphatic rings. The minimum Gasteiger partial charge on any atom is -0.480 e.